The van der Waals surface area contributed by atoms with Crippen LogP contribution >= 0.6 is 11.6 Å². The van der Waals surface area contributed by atoms with E-state index in [1.807, 2.05) is 0 Å². The van der Waals surface area contributed by atoms with Gasteiger partial charge in [0.2, 0.25) is 0 Å². The maximum atomic E-state index is 11.8. The maximum Gasteiger partial charge on any atom is 0.339 e. The predicted molar refractivity (Wildman–Crippen MR) is 133 cm³/mol. The molecule has 0 fully saturated rings. The number of aryl methyl sites for hydroxylation is 1. The molecule has 4 rings (SSSR count). The molecule has 8 nitrogen and oxygen atoms in total. The van der Waals surface area contributed by atoms with Gasteiger partial charge < -0.3 is 10.2 Å². The summed E-state index contributed by atoms with van der Waals surface area (Å²) in [4.78, 5) is 11.2. The Balaban J connectivity index is 1.76. The van der Waals surface area contributed by atoms with Gasteiger partial charge in [0.15, 0.2) is 0 Å². The van der Waals surface area contributed by atoms with Gasteiger partial charge in [0.1, 0.15) is 21.9 Å². The van der Waals surface area contributed by atoms with Crippen LogP contribution in [0.1, 0.15) is 22.8 Å². The second kappa shape index (κ2) is 9.46. The number of hydrogen-bond acceptors (Lipinski definition) is 6. The number of phenols is 1. The molecule has 4 aromatic carbocycles. The van der Waals surface area contributed by atoms with E-state index in [-0.39, 0.29) is 17.0 Å². The highest BCUT2D eigenvalue weighted by atomic mass is 35.5. The van der Waals surface area contributed by atoms with Crippen molar-refractivity contribution in [3.63, 3.8) is 0 Å². The number of aromatic hydroxyl groups is 1. The summed E-state index contributed by atoms with van der Waals surface area (Å²) < 4.78 is 33.2. The molecule has 0 saturated heterocycles. The normalized spacial score (nSPS) is 11.9. The summed E-state index contributed by atoms with van der Waals surface area (Å²) in [7, 11) is -4.55. The van der Waals surface area contributed by atoms with Crippen molar-refractivity contribution in [3.05, 3.63) is 82.9 Å². The minimum atomic E-state index is -4.55. The van der Waals surface area contributed by atoms with Crippen LogP contribution in [0.5, 0.6) is 5.75 Å². The molecule has 0 heterocycles. The van der Waals surface area contributed by atoms with Gasteiger partial charge in [-0.25, -0.2) is 4.79 Å². The number of fused-ring (bicyclic) bond motifs is 1. The molecule has 0 bridgehead atoms. The van der Waals surface area contributed by atoms with Crippen LogP contribution in [-0.4, -0.2) is 29.2 Å². The van der Waals surface area contributed by atoms with Gasteiger partial charge >= 0.3 is 5.97 Å². The van der Waals surface area contributed by atoms with E-state index in [9.17, 15) is 28.0 Å². The van der Waals surface area contributed by atoms with Crippen molar-refractivity contribution >= 4 is 49.8 Å². The maximum absolute atomic E-state index is 11.8. The van der Waals surface area contributed by atoms with Crippen molar-refractivity contribution in [2.45, 2.75) is 18.2 Å². The molecular formula is C25H19ClN2O6S. The molecule has 0 unspecified atom stereocenters. The fourth-order valence-corrected chi connectivity index (χ4v) is 4.69. The van der Waals surface area contributed by atoms with Crippen molar-refractivity contribution in [3.8, 4) is 16.9 Å². The molecule has 3 N–H and O–H groups in total. The molecule has 35 heavy (non-hydrogen) atoms. The number of azo groups is 1. The zero-order valence-corrected chi connectivity index (χ0v) is 19.9. The first-order chi connectivity index (χ1) is 16.6. The third-order valence-corrected chi connectivity index (χ3v) is 6.70. The van der Waals surface area contributed by atoms with Gasteiger partial charge in [0, 0.05) is 10.6 Å². The third kappa shape index (κ3) is 4.88. The minimum Gasteiger partial charge on any atom is -0.506 e. The topological polar surface area (TPSA) is 137 Å². The lowest BCUT2D eigenvalue weighted by Gasteiger charge is -2.12. The number of rotatable bonds is 6. The molecule has 178 valence electrons. The number of halogens is 1. The Kier molecular flexibility index (Phi) is 6.58. The first-order valence-electron chi connectivity index (χ1n) is 10.4. The average Bonchev–Trinajstić information content (AvgIpc) is 2.82. The summed E-state index contributed by atoms with van der Waals surface area (Å²) in [5.74, 6) is -1.60. The number of benzene rings is 4. The third-order valence-electron chi connectivity index (χ3n) is 5.47. The Morgan fingerprint density at radius 3 is 2.31 bits per heavy atom. The molecule has 0 atom stereocenters. The highest BCUT2D eigenvalue weighted by Crippen LogP contribution is 2.40. The van der Waals surface area contributed by atoms with Crippen LogP contribution in [0.2, 0.25) is 5.02 Å². The summed E-state index contributed by atoms with van der Waals surface area (Å²) in [5, 5.41) is 29.8. The van der Waals surface area contributed by atoms with Crippen molar-refractivity contribution in [2.24, 2.45) is 10.2 Å². The first kappa shape index (κ1) is 24.3. The van der Waals surface area contributed by atoms with Crippen LogP contribution in [0.25, 0.3) is 21.9 Å². The molecule has 0 radical (unpaired) electrons. The quantitative estimate of drug-likeness (QED) is 0.193. The van der Waals surface area contributed by atoms with Crippen LogP contribution < -0.4 is 0 Å². The Bertz CT molecular complexity index is 1600. The monoisotopic (exact) mass is 510 g/mol. The molecular weight excluding hydrogens is 492 g/mol. The molecule has 0 aromatic heterocycles. The van der Waals surface area contributed by atoms with E-state index in [0.29, 0.717) is 44.6 Å². The summed E-state index contributed by atoms with van der Waals surface area (Å²) >= 11 is 6.18. The van der Waals surface area contributed by atoms with E-state index in [1.165, 1.54) is 18.2 Å². The highest BCUT2D eigenvalue weighted by Gasteiger charge is 2.20. The number of carboxylic acids is 1. The lowest BCUT2D eigenvalue weighted by Crippen LogP contribution is -2.00. The molecule has 0 spiro atoms. The fraction of sp³-hybridized carbons (Fsp3) is 0.0800. The van der Waals surface area contributed by atoms with Crippen LogP contribution in [0.3, 0.4) is 0 Å². The van der Waals surface area contributed by atoms with Crippen LogP contribution in [-0.2, 0) is 16.5 Å². The molecule has 0 amide bonds. The van der Waals surface area contributed by atoms with E-state index in [4.69, 9.17) is 11.6 Å². The summed E-state index contributed by atoms with van der Waals surface area (Å²) in [6.45, 7) is 1.80. The summed E-state index contributed by atoms with van der Waals surface area (Å²) in [6, 6.07) is 17.5. The standard InChI is InChI=1S/C25H19ClN2O6S/c1-2-14-12-22(35(32,33)34)21(13-20(14)26)28-27-17-9-7-15(8-10-17)23-18-6-4-3-5-16(18)11-19(24(23)29)25(30)31/h3-13,29H,2H2,1H3,(H,30,31)(H,32,33,34)/b28-27+. The second-order valence-electron chi connectivity index (χ2n) is 7.66. The van der Waals surface area contributed by atoms with Gasteiger partial charge in [-0.05, 0) is 58.7 Å². The summed E-state index contributed by atoms with van der Waals surface area (Å²) in [6.07, 6.45) is 0.463. The lowest BCUT2D eigenvalue weighted by atomic mass is 9.94. The Morgan fingerprint density at radius 1 is 1.00 bits per heavy atom. The number of aromatic carboxylic acids is 1. The molecule has 0 aliphatic rings. The van der Waals surface area contributed by atoms with Crippen molar-refractivity contribution in [1.29, 1.82) is 0 Å². The van der Waals surface area contributed by atoms with E-state index in [0.717, 1.165) is 0 Å². The zero-order valence-electron chi connectivity index (χ0n) is 18.3. The van der Waals surface area contributed by atoms with Gasteiger partial charge in [-0.2, -0.15) is 13.5 Å². The van der Waals surface area contributed by atoms with E-state index in [1.54, 1.807) is 55.5 Å². The Hall–Kier alpha value is -3.79. The number of nitrogens with zero attached hydrogens (tertiary/aromatic N) is 2. The number of hydrogen-bond donors (Lipinski definition) is 3. The highest BCUT2D eigenvalue weighted by molar-refractivity contribution is 7.86. The first-order valence-corrected chi connectivity index (χ1v) is 12.2. The van der Waals surface area contributed by atoms with Crippen molar-refractivity contribution < 1.29 is 28.0 Å². The Labute approximate surface area is 205 Å². The van der Waals surface area contributed by atoms with Gasteiger partial charge in [-0.15, -0.1) is 5.11 Å². The average molecular weight is 511 g/mol. The molecule has 0 aliphatic carbocycles. The second-order valence-corrected chi connectivity index (χ2v) is 9.46. The lowest BCUT2D eigenvalue weighted by molar-refractivity contribution is 0.0694. The van der Waals surface area contributed by atoms with E-state index in [2.05, 4.69) is 10.2 Å². The predicted octanol–water partition coefficient (Wildman–Crippen LogP) is 6.79. The van der Waals surface area contributed by atoms with Crippen LogP contribution in [0, 0.1) is 0 Å². The molecule has 10 heteroatoms. The number of carboxylic acid groups (broad SMARTS) is 1. The van der Waals surface area contributed by atoms with Gasteiger partial charge in [0.25, 0.3) is 10.1 Å². The van der Waals surface area contributed by atoms with Crippen LogP contribution in [0.4, 0.5) is 11.4 Å². The minimum absolute atomic E-state index is 0.114. The van der Waals surface area contributed by atoms with E-state index >= 15 is 0 Å². The van der Waals surface area contributed by atoms with Gasteiger partial charge in [-0.1, -0.05) is 54.9 Å². The number of carbonyl (C=O) groups is 1. The van der Waals surface area contributed by atoms with Crippen molar-refractivity contribution in [1.82, 2.24) is 0 Å². The fourth-order valence-electron chi connectivity index (χ4n) is 3.74. The SMILES string of the molecule is CCc1cc(S(=O)(=O)O)c(/N=N/c2ccc(-c3c(O)c(C(=O)O)cc4ccccc34)cc2)cc1Cl. The molecule has 0 saturated carbocycles. The van der Waals surface area contributed by atoms with E-state index < -0.39 is 21.0 Å². The largest absolute Gasteiger partial charge is 0.506 e. The van der Waals surface area contributed by atoms with Gasteiger partial charge in [-0.3, -0.25) is 4.55 Å². The van der Waals surface area contributed by atoms with Crippen LogP contribution in [0.15, 0.2) is 81.9 Å². The Morgan fingerprint density at radius 2 is 1.69 bits per heavy atom. The summed E-state index contributed by atoms with van der Waals surface area (Å²) in [5.41, 5.74) is 1.47. The molecule has 4 aromatic rings. The van der Waals surface area contributed by atoms with Gasteiger partial charge in [0.05, 0.1) is 5.69 Å². The zero-order chi connectivity index (χ0) is 25.3. The molecule has 0 aliphatic heterocycles. The van der Waals surface area contributed by atoms with Crippen molar-refractivity contribution in [2.75, 3.05) is 0 Å². The smallest absolute Gasteiger partial charge is 0.339 e.